The summed E-state index contributed by atoms with van der Waals surface area (Å²) in [4.78, 5) is 2.36. The molecule has 0 saturated heterocycles. The summed E-state index contributed by atoms with van der Waals surface area (Å²) in [5, 5.41) is 7.52. The van der Waals surface area contributed by atoms with Crippen LogP contribution in [0, 0.1) is 0 Å². The molecule has 0 atom stereocenters. The Labute approximate surface area is 338 Å². The topological polar surface area (TPSA) is 8.17 Å². The van der Waals surface area contributed by atoms with Gasteiger partial charge in [-0.2, -0.15) is 0 Å². The van der Waals surface area contributed by atoms with Crippen LogP contribution in [0.2, 0.25) is 0 Å². The minimum absolute atomic E-state index is 1.10. The SMILES string of the molecule is c1ccc(-c2cccc(N(c3ccc(-c4ccc5ccccc5c4)cc3)c3ccc(-c4ccc5c6ccc7ccccc7c6n(-c6ccccc6)c5c4)cc3)c2)cc1. The highest BCUT2D eigenvalue weighted by molar-refractivity contribution is 6.19. The predicted octanol–water partition coefficient (Wildman–Crippen LogP) is 15.6. The van der Waals surface area contributed by atoms with E-state index in [2.05, 4.69) is 240 Å². The fourth-order valence-corrected chi connectivity index (χ4v) is 8.68. The molecule has 0 bridgehead atoms. The molecule has 0 aliphatic carbocycles. The van der Waals surface area contributed by atoms with Crippen molar-refractivity contribution in [3.05, 3.63) is 231 Å². The Morgan fingerprint density at radius 2 is 0.793 bits per heavy atom. The lowest BCUT2D eigenvalue weighted by atomic mass is 10.00. The third-order valence-corrected chi connectivity index (χ3v) is 11.5. The van der Waals surface area contributed by atoms with E-state index in [-0.39, 0.29) is 0 Å². The van der Waals surface area contributed by atoms with Crippen molar-refractivity contribution in [2.24, 2.45) is 0 Å². The van der Waals surface area contributed by atoms with Gasteiger partial charge in [0, 0.05) is 38.9 Å². The zero-order valence-electron chi connectivity index (χ0n) is 31.8. The number of hydrogen-bond donors (Lipinski definition) is 0. The molecule has 0 N–H and O–H groups in total. The smallest absolute Gasteiger partial charge is 0.0619 e. The second-order valence-electron chi connectivity index (χ2n) is 15.0. The van der Waals surface area contributed by atoms with Crippen molar-refractivity contribution >= 4 is 60.4 Å². The molecule has 0 aliphatic heterocycles. The number of anilines is 3. The molecule has 10 aromatic carbocycles. The van der Waals surface area contributed by atoms with E-state index in [1.807, 2.05) is 0 Å². The molecule has 0 spiro atoms. The number of nitrogens with zero attached hydrogens (tertiary/aromatic N) is 2. The molecule has 0 fully saturated rings. The molecule has 1 aromatic heterocycles. The van der Waals surface area contributed by atoms with Crippen LogP contribution in [0.15, 0.2) is 231 Å². The van der Waals surface area contributed by atoms with Gasteiger partial charge in [0.1, 0.15) is 0 Å². The van der Waals surface area contributed by atoms with Crippen LogP contribution in [0.1, 0.15) is 0 Å². The van der Waals surface area contributed by atoms with Gasteiger partial charge < -0.3 is 9.47 Å². The van der Waals surface area contributed by atoms with Crippen LogP contribution in [-0.4, -0.2) is 4.57 Å². The lowest BCUT2D eigenvalue weighted by molar-refractivity contribution is 1.19. The molecule has 0 radical (unpaired) electrons. The molecule has 2 nitrogen and oxygen atoms in total. The van der Waals surface area contributed by atoms with Gasteiger partial charge in [0.05, 0.1) is 11.0 Å². The Kier molecular flexibility index (Phi) is 8.19. The first-order valence-corrected chi connectivity index (χ1v) is 19.9. The highest BCUT2D eigenvalue weighted by Gasteiger charge is 2.18. The van der Waals surface area contributed by atoms with E-state index in [1.54, 1.807) is 0 Å². The summed E-state index contributed by atoms with van der Waals surface area (Å²) in [7, 11) is 0. The Morgan fingerprint density at radius 1 is 0.276 bits per heavy atom. The summed E-state index contributed by atoms with van der Waals surface area (Å²) in [5.74, 6) is 0. The van der Waals surface area contributed by atoms with Crippen LogP contribution < -0.4 is 4.90 Å². The van der Waals surface area contributed by atoms with Crippen LogP contribution in [0.25, 0.3) is 82.4 Å². The lowest BCUT2D eigenvalue weighted by Crippen LogP contribution is -2.10. The van der Waals surface area contributed by atoms with E-state index in [0.717, 1.165) is 22.7 Å². The number of benzene rings is 10. The van der Waals surface area contributed by atoms with E-state index in [1.165, 1.54) is 76.7 Å². The number of para-hydroxylation sites is 1. The van der Waals surface area contributed by atoms with E-state index < -0.39 is 0 Å². The molecule has 58 heavy (non-hydrogen) atoms. The van der Waals surface area contributed by atoms with Crippen LogP contribution in [0.5, 0.6) is 0 Å². The third-order valence-electron chi connectivity index (χ3n) is 11.5. The van der Waals surface area contributed by atoms with E-state index in [0.29, 0.717) is 0 Å². The molecule has 0 amide bonds. The quantitative estimate of drug-likeness (QED) is 0.158. The van der Waals surface area contributed by atoms with Gasteiger partial charge in [-0.15, -0.1) is 0 Å². The normalized spacial score (nSPS) is 11.4. The first-order chi connectivity index (χ1) is 28.7. The average Bonchev–Trinajstić information content (AvgIpc) is 3.64. The number of hydrogen-bond acceptors (Lipinski definition) is 1. The van der Waals surface area contributed by atoms with E-state index >= 15 is 0 Å². The molecule has 0 unspecified atom stereocenters. The van der Waals surface area contributed by atoms with Gasteiger partial charge in [-0.05, 0) is 110 Å². The minimum Gasteiger partial charge on any atom is -0.310 e. The highest BCUT2D eigenvalue weighted by Crippen LogP contribution is 2.41. The molecule has 2 heteroatoms. The first-order valence-electron chi connectivity index (χ1n) is 19.9. The molecule has 11 rings (SSSR count). The van der Waals surface area contributed by atoms with Gasteiger partial charge in [0.15, 0.2) is 0 Å². The maximum Gasteiger partial charge on any atom is 0.0619 e. The maximum absolute atomic E-state index is 2.44. The molecular weight excluding hydrogens is 701 g/mol. The summed E-state index contributed by atoms with van der Waals surface area (Å²) in [5.41, 5.74) is 14.0. The number of rotatable bonds is 7. The van der Waals surface area contributed by atoms with Crippen molar-refractivity contribution in [2.45, 2.75) is 0 Å². The van der Waals surface area contributed by atoms with Crippen LogP contribution in [0.4, 0.5) is 17.1 Å². The largest absolute Gasteiger partial charge is 0.310 e. The molecule has 11 aromatic rings. The van der Waals surface area contributed by atoms with Crippen molar-refractivity contribution < 1.29 is 0 Å². The average molecular weight is 739 g/mol. The van der Waals surface area contributed by atoms with Gasteiger partial charge >= 0.3 is 0 Å². The van der Waals surface area contributed by atoms with Gasteiger partial charge in [-0.3, -0.25) is 0 Å². The molecule has 0 saturated carbocycles. The number of aromatic nitrogens is 1. The van der Waals surface area contributed by atoms with Gasteiger partial charge in [-0.1, -0.05) is 170 Å². The maximum atomic E-state index is 2.44. The van der Waals surface area contributed by atoms with E-state index in [9.17, 15) is 0 Å². The van der Waals surface area contributed by atoms with Crippen molar-refractivity contribution in [1.29, 1.82) is 0 Å². The standard InChI is InChI=1S/C56H38N2/c1-3-12-39(13-4-1)45-17-11-20-51(37-45)57(49-30-24-41(25-31-49)46-23-22-40-14-7-8-16-44(40)36-46)50-32-26-42(27-33-50)47-29-34-53-54-35-28-43-15-9-10-21-52(43)56(54)58(55(53)38-47)48-18-5-2-6-19-48/h1-38H. The van der Waals surface area contributed by atoms with Crippen molar-refractivity contribution in [2.75, 3.05) is 4.90 Å². The second-order valence-corrected chi connectivity index (χ2v) is 15.0. The fourth-order valence-electron chi connectivity index (χ4n) is 8.68. The molecule has 0 aliphatic rings. The fraction of sp³-hybridized carbons (Fsp3) is 0. The Hall–Kier alpha value is -7.68. The van der Waals surface area contributed by atoms with Gasteiger partial charge in [0.25, 0.3) is 0 Å². The highest BCUT2D eigenvalue weighted by atomic mass is 15.1. The van der Waals surface area contributed by atoms with Crippen LogP contribution in [-0.2, 0) is 0 Å². The van der Waals surface area contributed by atoms with Crippen molar-refractivity contribution in [1.82, 2.24) is 4.57 Å². The summed E-state index contributed by atoms with van der Waals surface area (Å²) in [6.45, 7) is 0. The Morgan fingerprint density at radius 3 is 1.53 bits per heavy atom. The van der Waals surface area contributed by atoms with Crippen LogP contribution in [0.3, 0.4) is 0 Å². The monoisotopic (exact) mass is 738 g/mol. The number of fused-ring (bicyclic) bond motifs is 6. The second kappa shape index (κ2) is 14.1. The van der Waals surface area contributed by atoms with Crippen molar-refractivity contribution in [3.8, 4) is 39.1 Å². The van der Waals surface area contributed by atoms with Crippen molar-refractivity contribution in [3.63, 3.8) is 0 Å². The first kappa shape index (κ1) is 33.6. The minimum atomic E-state index is 1.10. The van der Waals surface area contributed by atoms with Gasteiger partial charge in [-0.25, -0.2) is 0 Å². The zero-order chi connectivity index (χ0) is 38.4. The Bertz CT molecular complexity index is 3250. The van der Waals surface area contributed by atoms with Gasteiger partial charge in [0.2, 0.25) is 0 Å². The summed E-state index contributed by atoms with van der Waals surface area (Å²) < 4.78 is 2.44. The zero-order valence-corrected chi connectivity index (χ0v) is 31.8. The molecule has 1 heterocycles. The molecular formula is C56H38N2. The van der Waals surface area contributed by atoms with Crippen LogP contribution >= 0.6 is 0 Å². The summed E-state index contributed by atoms with van der Waals surface area (Å²) >= 11 is 0. The lowest BCUT2D eigenvalue weighted by Gasteiger charge is -2.26. The molecule has 272 valence electrons. The summed E-state index contributed by atoms with van der Waals surface area (Å²) in [6, 6.07) is 83.6. The summed E-state index contributed by atoms with van der Waals surface area (Å²) in [6.07, 6.45) is 0. The van der Waals surface area contributed by atoms with E-state index in [4.69, 9.17) is 0 Å². The third kappa shape index (κ3) is 5.91. The predicted molar refractivity (Wildman–Crippen MR) is 247 cm³/mol. The Balaban J connectivity index is 1.01.